The number of oxazole rings is 1. The summed E-state index contributed by atoms with van der Waals surface area (Å²) in [6.45, 7) is 5.82. The molecule has 1 aromatic carbocycles. The minimum atomic E-state index is -1.04. The maximum atomic E-state index is 11.6. The van der Waals surface area contributed by atoms with Crippen LogP contribution < -0.4 is 5.76 Å². The van der Waals surface area contributed by atoms with E-state index in [1.807, 2.05) is 0 Å². The Morgan fingerprint density at radius 3 is 2.82 bits per heavy atom. The van der Waals surface area contributed by atoms with Gasteiger partial charge in [-0.3, -0.25) is 4.57 Å². The average molecular weight is 233 g/mol. The molecule has 0 radical (unpaired) electrons. The van der Waals surface area contributed by atoms with Crippen LogP contribution >= 0.6 is 0 Å². The van der Waals surface area contributed by atoms with Gasteiger partial charge in [0.15, 0.2) is 5.58 Å². The third-order valence-corrected chi connectivity index (χ3v) is 2.34. The predicted octanol–water partition coefficient (Wildman–Crippen LogP) is 1.87. The van der Waals surface area contributed by atoms with Crippen molar-refractivity contribution in [3.8, 4) is 0 Å². The number of carbonyl (C=O) groups is 1. The van der Waals surface area contributed by atoms with Crippen molar-refractivity contribution >= 4 is 17.1 Å². The summed E-state index contributed by atoms with van der Waals surface area (Å²) >= 11 is 0. The van der Waals surface area contributed by atoms with Gasteiger partial charge in [0.25, 0.3) is 0 Å². The highest BCUT2D eigenvalue weighted by Crippen LogP contribution is 2.16. The highest BCUT2D eigenvalue weighted by molar-refractivity contribution is 5.91. The molecular weight excluding hydrogens is 222 g/mol. The molecule has 1 heterocycles. The van der Waals surface area contributed by atoms with E-state index in [1.165, 1.54) is 22.8 Å². The van der Waals surface area contributed by atoms with Crippen molar-refractivity contribution < 1.29 is 14.3 Å². The van der Waals surface area contributed by atoms with Crippen LogP contribution in [0.2, 0.25) is 0 Å². The van der Waals surface area contributed by atoms with Crippen molar-refractivity contribution in [3.05, 3.63) is 46.5 Å². The first-order valence-electron chi connectivity index (χ1n) is 5.00. The van der Waals surface area contributed by atoms with Gasteiger partial charge in [0.2, 0.25) is 0 Å². The van der Waals surface area contributed by atoms with Crippen LogP contribution in [0.25, 0.3) is 11.1 Å². The second kappa shape index (κ2) is 3.93. The molecule has 17 heavy (non-hydrogen) atoms. The van der Waals surface area contributed by atoms with E-state index in [9.17, 15) is 9.59 Å². The SMILES string of the molecule is C=C(C)Cn1c(=O)oc2ccc(C(=O)O)cc21. The molecule has 5 heteroatoms. The molecule has 0 aliphatic carbocycles. The minimum Gasteiger partial charge on any atom is -0.478 e. The normalized spacial score (nSPS) is 10.6. The first-order valence-corrected chi connectivity index (χ1v) is 5.00. The van der Waals surface area contributed by atoms with Gasteiger partial charge in [-0.25, -0.2) is 9.59 Å². The van der Waals surface area contributed by atoms with Crippen molar-refractivity contribution in [2.75, 3.05) is 0 Å². The Kier molecular flexibility index (Phi) is 2.59. The summed E-state index contributed by atoms with van der Waals surface area (Å²) in [7, 11) is 0. The number of nitrogens with zero attached hydrogens (tertiary/aromatic N) is 1. The summed E-state index contributed by atoms with van der Waals surface area (Å²) < 4.78 is 6.37. The van der Waals surface area contributed by atoms with Crippen LogP contribution in [0.1, 0.15) is 17.3 Å². The second-order valence-electron chi connectivity index (χ2n) is 3.90. The topological polar surface area (TPSA) is 72.4 Å². The summed E-state index contributed by atoms with van der Waals surface area (Å²) in [4.78, 5) is 22.4. The third kappa shape index (κ3) is 1.99. The molecule has 2 aromatic rings. The van der Waals surface area contributed by atoms with Crippen LogP contribution in [-0.4, -0.2) is 15.6 Å². The third-order valence-electron chi connectivity index (χ3n) is 2.34. The highest BCUT2D eigenvalue weighted by Gasteiger charge is 2.12. The van der Waals surface area contributed by atoms with Crippen molar-refractivity contribution in [2.24, 2.45) is 0 Å². The molecule has 0 saturated carbocycles. The number of carboxylic acid groups (broad SMARTS) is 1. The number of rotatable bonds is 3. The number of carboxylic acids is 1. The monoisotopic (exact) mass is 233 g/mol. The maximum Gasteiger partial charge on any atom is 0.420 e. The van der Waals surface area contributed by atoms with Crippen molar-refractivity contribution in [2.45, 2.75) is 13.5 Å². The Bertz CT molecular complexity index is 663. The lowest BCUT2D eigenvalue weighted by atomic mass is 10.2. The maximum absolute atomic E-state index is 11.6. The molecule has 88 valence electrons. The Morgan fingerprint density at radius 1 is 1.53 bits per heavy atom. The van der Waals surface area contributed by atoms with Crippen LogP contribution in [-0.2, 0) is 6.54 Å². The van der Waals surface area contributed by atoms with Crippen molar-refractivity contribution in [1.29, 1.82) is 0 Å². The van der Waals surface area contributed by atoms with Crippen molar-refractivity contribution in [3.63, 3.8) is 0 Å². The number of allylic oxidation sites excluding steroid dienone is 1. The van der Waals surface area contributed by atoms with Gasteiger partial charge in [0, 0.05) is 6.54 Å². The number of fused-ring (bicyclic) bond motifs is 1. The van der Waals surface area contributed by atoms with Gasteiger partial charge < -0.3 is 9.52 Å². The minimum absolute atomic E-state index is 0.119. The zero-order chi connectivity index (χ0) is 12.6. The zero-order valence-electron chi connectivity index (χ0n) is 9.27. The van der Waals surface area contributed by atoms with E-state index in [-0.39, 0.29) is 5.56 Å². The molecule has 0 aliphatic rings. The summed E-state index contributed by atoms with van der Waals surface area (Å²) in [6.07, 6.45) is 0. The van der Waals surface area contributed by atoms with E-state index in [0.717, 1.165) is 5.57 Å². The number of aromatic nitrogens is 1. The number of hydrogen-bond acceptors (Lipinski definition) is 3. The highest BCUT2D eigenvalue weighted by atomic mass is 16.4. The van der Waals surface area contributed by atoms with Crippen LogP contribution in [0, 0.1) is 0 Å². The fourth-order valence-corrected chi connectivity index (χ4v) is 1.61. The molecule has 0 fully saturated rings. The van der Waals surface area contributed by atoms with E-state index < -0.39 is 11.7 Å². The van der Waals surface area contributed by atoms with E-state index in [1.54, 1.807) is 6.92 Å². The van der Waals surface area contributed by atoms with Gasteiger partial charge >= 0.3 is 11.7 Å². The van der Waals surface area contributed by atoms with E-state index in [4.69, 9.17) is 9.52 Å². The van der Waals surface area contributed by atoms with Crippen LogP contribution in [0.15, 0.2) is 39.6 Å². The molecular formula is C12H11NO4. The summed E-state index contributed by atoms with van der Waals surface area (Å²) in [5, 5.41) is 8.89. The predicted molar refractivity (Wildman–Crippen MR) is 62.2 cm³/mol. The summed E-state index contributed by atoms with van der Waals surface area (Å²) in [5.41, 5.74) is 1.75. The molecule has 0 amide bonds. The van der Waals surface area contributed by atoms with E-state index >= 15 is 0 Å². The molecule has 0 bridgehead atoms. The lowest BCUT2D eigenvalue weighted by Crippen LogP contribution is -2.14. The van der Waals surface area contributed by atoms with Gasteiger partial charge in [-0.15, -0.1) is 0 Å². The van der Waals surface area contributed by atoms with Crippen LogP contribution in [0.3, 0.4) is 0 Å². The second-order valence-corrected chi connectivity index (χ2v) is 3.90. The fourth-order valence-electron chi connectivity index (χ4n) is 1.61. The van der Waals surface area contributed by atoms with Crippen LogP contribution in [0.5, 0.6) is 0 Å². The largest absolute Gasteiger partial charge is 0.478 e. The standard InChI is InChI=1S/C12H11NO4/c1-7(2)6-13-9-5-8(11(14)15)3-4-10(9)17-12(13)16/h3-5H,1,6H2,2H3,(H,14,15). The van der Waals surface area contributed by atoms with Gasteiger partial charge in [0.1, 0.15) is 0 Å². The molecule has 0 saturated heterocycles. The number of aromatic carboxylic acids is 1. The summed E-state index contributed by atoms with van der Waals surface area (Å²) in [6, 6.07) is 4.30. The Morgan fingerprint density at radius 2 is 2.24 bits per heavy atom. The molecule has 1 N–H and O–H groups in total. The van der Waals surface area contributed by atoms with Crippen molar-refractivity contribution in [1.82, 2.24) is 4.57 Å². The van der Waals surface area contributed by atoms with E-state index in [2.05, 4.69) is 6.58 Å². The van der Waals surface area contributed by atoms with E-state index in [0.29, 0.717) is 17.6 Å². The Labute approximate surface area is 96.6 Å². The Hall–Kier alpha value is -2.30. The number of benzene rings is 1. The molecule has 0 spiro atoms. The molecule has 0 atom stereocenters. The molecule has 1 aromatic heterocycles. The summed E-state index contributed by atoms with van der Waals surface area (Å²) in [5.74, 6) is -1.55. The zero-order valence-corrected chi connectivity index (χ0v) is 9.27. The first-order chi connectivity index (χ1) is 7.99. The molecule has 0 unspecified atom stereocenters. The average Bonchev–Trinajstić information content (AvgIpc) is 2.54. The smallest absolute Gasteiger partial charge is 0.420 e. The lowest BCUT2D eigenvalue weighted by molar-refractivity contribution is 0.0697. The van der Waals surface area contributed by atoms with Gasteiger partial charge in [-0.1, -0.05) is 12.2 Å². The quantitative estimate of drug-likeness (QED) is 0.821. The molecule has 0 aliphatic heterocycles. The first kappa shape index (κ1) is 11.2. The Balaban J connectivity index is 2.69. The van der Waals surface area contributed by atoms with Gasteiger partial charge in [0.05, 0.1) is 11.1 Å². The molecule has 2 rings (SSSR count). The van der Waals surface area contributed by atoms with Gasteiger partial charge in [-0.05, 0) is 25.1 Å². The lowest BCUT2D eigenvalue weighted by Gasteiger charge is -2.01. The van der Waals surface area contributed by atoms with Gasteiger partial charge in [-0.2, -0.15) is 0 Å². The van der Waals surface area contributed by atoms with Crippen LogP contribution in [0.4, 0.5) is 0 Å². The molecule has 5 nitrogen and oxygen atoms in total. The number of hydrogen-bond donors (Lipinski definition) is 1. The fraction of sp³-hybridized carbons (Fsp3) is 0.167.